The first-order chi connectivity index (χ1) is 12.2. The molecule has 1 aliphatic heterocycles. The van der Waals surface area contributed by atoms with Crippen molar-refractivity contribution in [2.24, 2.45) is 17.8 Å². The quantitative estimate of drug-likeness (QED) is 0.671. The van der Waals surface area contributed by atoms with Gasteiger partial charge >= 0.3 is 0 Å². The van der Waals surface area contributed by atoms with Crippen molar-refractivity contribution in [3.63, 3.8) is 0 Å². The van der Waals surface area contributed by atoms with Crippen LogP contribution in [0.3, 0.4) is 0 Å². The van der Waals surface area contributed by atoms with Gasteiger partial charge in [-0.05, 0) is 51.4 Å². The van der Waals surface area contributed by atoms with E-state index in [1.807, 2.05) is 13.8 Å². The van der Waals surface area contributed by atoms with Crippen molar-refractivity contribution < 1.29 is 19.1 Å². The molecule has 6 nitrogen and oxygen atoms in total. The van der Waals surface area contributed by atoms with Crippen LogP contribution in [0, 0.1) is 17.8 Å². The minimum Gasteiger partial charge on any atom is -0.373 e. The zero-order valence-electron chi connectivity index (χ0n) is 16.4. The molecular formula is C20H32N2O4. The highest BCUT2D eigenvalue weighted by molar-refractivity contribution is 6.12. The summed E-state index contributed by atoms with van der Waals surface area (Å²) < 4.78 is 5.85. The van der Waals surface area contributed by atoms with Gasteiger partial charge in [0, 0.05) is 37.8 Å². The maximum Gasteiger partial charge on any atom is 0.253 e. The van der Waals surface area contributed by atoms with Gasteiger partial charge in [0.25, 0.3) is 11.8 Å². The van der Waals surface area contributed by atoms with Crippen LogP contribution in [0.2, 0.25) is 0 Å². The van der Waals surface area contributed by atoms with Gasteiger partial charge in [0.15, 0.2) is 0 Å². The summed E-state index contributed by atoms with van der Waals surface area (Å²) in [6.45, 7) is 9.83. The van der Waals surface area contributed by atoms with Crippen LogP contribution in [0.1, 0.15) is 53.4 Å². The van der Waals surface area contributed by atoms with E-state index in [-0.39, 0.29) is 35.2 Å². The van der Waals surface area contributed by atoms with Crippen LogP contribution in [0.25, 0.3) is 0 Å². The lowest BCUT2D eigenvalue weighted by Gasteiger charge is -2.31. The predicted octanol–water partition coefficient (Wildman–Crippen LogP) is 2.29. The molecule has 0 unspecified atom stereocenters. The van der Waals surface area contributed by atoms with E-state index in [9.17, 15) is 14.4 Å². The fourth-order valence-electron chi connectivity index (χ4n) is 3.36. The van der Waals surface area contributed by atoms with Gasteiger partial charge in [-0.25, -0.2) is 0 Å². The smallest absolute Gasteiger partial charge is 0.253 e. The fraction of sp³-hybridized carbons (Fsp3) is 0.750. The molecule has 3 amide bonds. The molecule has 0 atom stereocenters. The highest BCUT2D eigenvalue weighted by Crippen LogP contribution is 2.30. The van der Waals surface area contributed by atoms with Gasteiger partial charge in [-0.15, -0.1) is 0 Å². The SMILES string of the molecule is CC(C)COC(C)(C)CNC(=O)C1CCC(CN2C(=O)C=CC2=O)CC1. The van der Waals surface area contributed by atoms with Crippen molar-refractivity contribution in [1.29, 1.82) is 0 Å². The Bertz CT molecular complexity index is 542. The van der Waals surface area contributed by atoms with Gasteiger partial charge in [-0.1, -0.05) is 13.8 Å². The van der Waals surface area contributed by atoms with Crippen LogP contribution in [0.4, 0.5) is 0 Å². The van der Waals surface area contributed by atoms with Crippen LogP contribution >= 0.6 is 0 Å². The zero-order chi connectivity index (χ0) is 19.3. The molecule has 1 saturated carbocycles. The maximum atomic E-state index is 12.4. The molecule has 1 heterocycles. The van der Waals surface area contributed by atoms with Crippen molar-refractivity contribution in [3.05, 3.63) is 12.2 Å². The van der Waals surface area contributed by atoms with E-state index in [2.05, 4.69) is 19.2 Å². The van der Waals surface area contributed by atoms with E-state index < -0.39 is 0 Å². The number of nitrogens with zero attached hydrogens (tertiary/aromatic N) is 1. The van der Waals surface area contributed by atoms with Gasteiger partial charge in [0.1, 0.15) is 0 Å². The second kappa shape index (κ2) is 8.80. The predicted molar refractivity (Wildman–Crippen MR) is 99.2 cm³/mol. The Hall–Kier alpha value is -1.69. The molecule has 0 aromatic rings. The molecule has 0 aromatic carbocycles. The summed E-state index contributed by atoms with van der Waals surface area (Å²) >= 11 is 0. The number of imide groups is 1. The average molecular weight is 364 g/mol. The molecule has 1 fully saturated rings. The minimum absolute atomic E-state index is 0.00950. The lowest BCUT2D eigenvalue weighted by Crippen LogP contribution is -2.44. The standard InChI is InChI=1S/C20H32N2O4/c1-14(2)12-26-20(3,4)13-21-19(25)16-7-5-15(6-8-16)11-22-17(23)9-10-18(22)24/h9-10,14-16H,5-8,11-13H2,1-4H3,(H,21,25). The molecule has 146 valence electrons. The number of hydrogen-bond acceptors (Lipinski definition) is 4. The molecule has 1 aliphatic carbocycles. The number of carbonyl (C=O) groups is 3. The van der Waals surface area contributed by atoms with E-state index in [4.69, 9.17) is 4.74 Å². The Labute approximate surface area is 156 Å². The largest absolute Gasteiger partial charge is 0.373 e. The van der Waals surface area contributed by atoms with E-state index in [1.165, 1.54) is 17.1 Å². The Morgan fingerprint density at radius 2 is 1.77 bits per heavy atom. The van der Waals surface area contributed by atoms with Crippen LogP contribution in [-0.4, -0.2) is 47.9 Å². The Morgan fingerprint density at radius 3 is 2.31 bits per heavy atom. The van der Waals surface area contributed by atoms with Crippen molar-refractivity contribution in [1.82, 2.24) is 10.2 Å². The lowest BCUT2D eigenvalue weighted by molar-refractivity contribution is -0.138. The number of carbonyl (C=O) groups excluding carboxylic acids is 3. The molecule has 0 bridgehead atoms. The van der Waals surface area contributed by atoms with Gasteiger partial charge in [-0.3, -0.25) is 19.3 Å². The second-order valence-corrected chi connectivity index (χ2v) is 8.52. The van der Waals surface area contributed by atoms with Crippen LogP contribution < -0.4 is 5.32 Å². The molecule has 0 spiro atoms. The lowest BCUT2D eigenvalue weighted by atomic mass is 9.81. The molecule has 2 rings (SSSR count). The number of rotatable bonds is 8. The number of hydrogen-bond donors (Lipinski definition) is 1. The van der Waals surface area contributed by atoms with Gasteiger partial charge in [0.05, 0.1) is 5.60 Å². The highest BCUT2D eigenvalue weighted by atomic mass is 16.5. The normalized spacial score (nSPS) is 23.8. The molecular weight excluding hydrogens is 332 g/mol. The summed E-state index contributed by atoms with van der Waals surface area (Å²) in [5, 5.41) is 3.03. The van der Waals surface area contributed by atoms with Crippen LogP contribution in [-0.2, 0) is 19.1 Å². The van der Waals surface area contributed by atoms with Gasteiger partial charge in [-0.2, -0.15) is 0 Å². The molecule has 0 aromatic heterocycles. The molecule has 0 radical (unpaired) electrons. The van der Waals surface area contributed by atoms with E-state index in [0.717, 1.165) is 25.7 Å². The van der Waals surface area contributed by atoms with Crippen molar-refractivity contribution in [2.75, 3.05) is 19.7 Å². The summed E-state index contributed by atoms with van der Waals surface area (Å²) in [5.74, 6) is 0.398. The Morgan fingerprint density at radius 1 is 1.19 bits per heavy atom. The number of ether oxygens (including phenoxy) is 1. The average Bonchev–Trinajstić information content (AvgIpc) is 2.91. The third kappa shape index (κ3) is 5.94. The van der Waals surface area contributed by atoms with Crippen molar-refractivity contribution >= 4 is 17.7 Å². The molecule has 2 aliphatic rings. The van der Waals surface area contributed by atoms with Gasteiger partial charge in [0.2, 0.25) is 5.91 Å². The minimum atomic E-state index is -0.374. The Kier molecular flexibility index (Phi) is 6.98. The number of amides is 3. The van der Waals surface area contributed by atoms with Crippen molar-refractivity contribution in [3.8, 4) is 0 Å². The third-order valence-corrected chi connectivity index (χ3v) is 5.05. The van der Waals surface area contributed by atoms with Crippen molar-refractivity contribution in [2.45, 2.75) is 59.0 Å². The maximum absolute atomic E-state index is 12.4. The van der Waals surface area contributed by atoms with Crippen LogP contribution in [0.15, 0.2) is 12.2 Å². The second-order valence-electron chi connectivity index (χ2n) is 8.52. The molecule has 6 heteroatoms. The van der Waals surface area contributed by atoms with Crippen LogP contribution in [0.5, 0.6) is 0 Å². The number of nitrogens with one attached hydrogen (secondary N) is 1. The summed E-state index contributed by atoms with van der Waals surface area (Å²) in [7, 11) is 0. The summed E-state index contributed by atoms with van der Waals surface area (Å²) in [6.07, 6.45) is 5.97. The summed E-state index contributed by atoms with van der Waals surface area (Å²) in [5.41, 5.74) is -0.374. The fourth-order valence-corrected chi connectivity index (χ4v) is 3.36. The van der Waals surface area contributed by atoms with Gasteiger partial charge < -0.3 is 10.1 Å². The topological polar surface area (TPSA) is 75.7 Å². The first-order valence-corrected chi connectivity index (χ1v) is 9.63. The van der Waals surface area contributed by atoms with E-state index in [1.54, 1.807) is 0 Å². The summed E-state index contributed by atoms with van der Waals surface area (Å²) in [4.78, 5) is 37.0. The van der Waals surface area contributed by atoms with E-state index in [0.29, 0.717) is 25.6 Å². The van der Waals surface area contributed by atoms with E-state index >= 15 is 0 Å². The first-order valence-electron chi connectivity index (χ1n) is 9.63. The Balaban J connectivity index is 1.71. The third-order valence-electron chi connectivity index (χ3n) is 5.05. The molecule has 0 saturated heterocycles. The monoisotopic (exact) mass is 364 g/mol. The summed E-state index contributed by atoms with van der Waals surface area (Å²) in [6, 6.07) is 0. The highest BCUT2D eigenvalue weighted by Gasteiger charge is 2.31. The molecule has 26 heavy (non-hydrogen) atoms. The molecule has 1 N–H and O–H groups in total. The zero-order valence-corrected chi connectivity index (χ0v) is 16.4. The first kappa shape index (κ1) is 20.6.